The smallest absolute Gasteiger partial charge is 0.239 e. The van der Waals surface area contributed by atoms with Crippen molar-refractivity contribution in [3.8, 4) is 0 Å². The van der Waals surface area contributed by atoms with Crippen molar-refractivity contribution in [2.75, 3.05) is 46.1 Å². The van der Waals surface area contributed by atoms with Gasteiger partial charge in [0.05, 0.1) is 45.0 Å². The number of carbonyl (C=O) groups excluding carboxylic acids is 4. The molecule has 2 amide bonds. The number of benzene rings is 1. The van der Waals surface area contributed by atoms with Gasteiger partial charge in [-0.05, 0) is 24.8 Å². The Hall–Kier alpha value is -2.70. The second-order valence-electron chi connectivity index (χ2n) is 8.65. The molecule has 1 aromatic carbocycles. The Morgan fingerprint density at radius 3 is 2.28 bits per heavy atom. The molecule has 1 rings (SSSR count). The van der Waals surface area contributed by atoms with E-state index in [9.17, 15) is 19.2 Å². The first-order valence-electron chi connectivity index (χ1n) is 12.3. The minimum Gasteiger partial charge on any atom is -0.379 e. The van der Waals surface area contributed by atoms with E-state index in [1.807, 2.05) is 51.1 Å². The Morgan fingerprint density at radius 2 is 1.64 bits per heavy atom. The van der Waals surface area contributed by atoms with Crippen LogP contribution in [0.15, 0.2) is 30.3 Å². The van der Waals surface area contributed by atoms with Gasteiger partial charge in [0.15, 0.2) is 0 Å². The summed E-state index contributed by atoms with van der Waals surface area (Å²) in [5, 5.41) is 8.00. The number of ketones is 2. The lowest BCUT2D eigenvalue weighted by Crippen LogP contribution is -2.54. The quantitative estimate of drug-likeness (QED) is 0.0677. The Labute approximate surface area is 213 Å². The van der Waals surface area contributed by atoms with Gasteiger partial charge in [-0.25, -0.2) is 5.43 Å². The molecule has 0 aliphatic carbocycles. The predicted octanol–water partition coefficient (Wildman–Crippen LogP) is -0.511. The summed E-state index contributed by atoms with van der Waals surface area (Å²) in [6.07, 6.45) is 0.622. The topological polar surface area (TPSA) is 161 Å². The number of hydrogen-bond donors (Lipinski definition) is 5. The monoisotopic (exact) mass is 507 g/mol. The van der Waals surface area contributed by atoms with Crippen LogP contribution < -0.4 is 27.2 Å². The highest BCUT2D eigenvalue weighted by molar-refractivity contribution is 6.40. The molecule has 0 aliphatic rings. The molecule has 6 N–H and O–H groups in total. The minimum absolute atomic E-state index is 0.138. The molecule has 2 atom stereocenters. The van der Waals surface area contributed by atoms with Crippen LogP contribution in [0.5, 0.6) is 0 Å². The van der Waals surface area contributed by atoms with E-state index >= 15 is 0 Å². The van der Waals surface area contributed by atoms with Crippen LogP contribution in [0.4, 0.5) is 0 Å². The van der Waals surface area contributed by atoms with Crippen molar-refractivity contribution in [2.24, 2.45) is 11.8 Å². The number of ether oxygens (including phenoxy) is 2. The molecule has 0 bridgehead atoms. The maximum Gasteiger partial charge on any atom is 0.239 e. The fourth-order valence-corrected chi connectivity index (χ4v) is 3.31. The van der Waals surface area contributed by atoms with Crippen LogP contribution in [0.2, 0.25) is 0 Å². The van der Waals surface area contributed by atoms with Crippen molar-refractivity contribution < 1.29 is 28.7 Å². The third-order valence-electron chi connectivity index (χ3n) is 5.13. The molecule has 36 heavy (non-hydrogen) atoms. The molecule has 11 heteroatoms. The van der Waals surface area contributed by atoms with E-state index in [2.05, 4.69) is 21.4 Å². The van der Waals surface area contributed by atoms with Crippen LogP contribution in [0, 0.1) is 5.92 Å². The normalized spacial score (nSPS) is 12.7. The lowest BCUT2D eigenvalue weighted by atomic mass is 9.98. The largest absolute Gasteiger partial charge is 0.379 e. The van der Waals surface area contributed by atoms with Gasteiger partial charge in [0.2, 0.25) is 23.4 Å². The van der Waals surface area contributed by atoms with E-state index in [-0.39, 0.29) is 31.3 Å². The minimum atomic E-state index is -1.06. The Balaban J connectivity index is 2.58. The molecule has 11 nitrogen and oxygen atoms in total. The SMILES string of the molecule is CCOCCOCCNC(=O)CNCC(=O)C(=O)[C@H](Cc1ccccc1)NC(=O)[C@H](CC(C)C)NN. The lowest BCUT2D eigenvalue weighted by molar-refractivity contribution is -0.138. The molecule has 0 spiro atoms. The summed E-state index contributed by atoms with van der Waals surface area (Å²) in [6, 6.07) is 7.33. The van der Waals surface area contributed by atoms with Gasteiger partial charge >= 0.3 is 0 Å². The number of rotatable bonds is 20. The molecule has 0 aromatic heterocycles. The van der Waals surface area contributed by atoms with Crippen molar-refractivity contribution in [1.82, 2.24) is 21.4 Å². The van der Waals surface area contributed by atoms with Crippen LogP contribution >= 0.6 is 0 Å². The maximum atomic E-state index is 12.9. The molecule has 0 saturated carbocycles. The Morgan fingerprint density at radius 1 is 0.944 bits per heavy atom. The molecule has 1 aromatic rings. The molecule has 0 heterocycles. The number of nitrogens with two attached hydrogens (primary N) is 1. The standard InChI is InChI=1S/C25H41N5O6/c1-4-35-12-13-36-11-10-28-23(32)17-27-16-22(31)24(33)20(15-19-8-6-5-7-9-19)29-25(34)21(30-26)14-18(2)3/h5-9,18,20-21,27,30H,4,10-17,26H2,1-3H3,(H,28,32)(H,29,34)/t20-,21-/m0/s1. The third-order valence-corrected chi connectivity index (χ3v) is 5.13. The Bertz CT molecular complexity index is 805. The van der Waals surface area contributed by atoms with E-state index in [4.69, 9.17) is 15.3 Å². The molecular weight excluding hydrogens is 466 g/mol. The van der Waals surface area contributed by atoms with E-state index in [0.29, 0.717) is 39.4 Å². The highest BCUT2D eigenvalue weighted by atomic mass is 16.5. The van der Waals surface area contributed by atoms with Crippen molar-refractivity contribution in [1.29, 1.82) is 0 Å². The van der Waals surface area contributed by atoms with E-state index in [1.54, 1.807) is 0 Å². The van der Waals surface area contributed by atoms with E-state index < -0.39 is 29.6 Å². The molecule has 202 valence electrons. The number of Topliss-reactive ketones (excluding diaryl/α,β-unsaturated/α-hetero) is 2. The average Bonchev–Trinajstić information content (AvgIpc) is 2.86. The molecular formula is C25H41N5O6. The van der Waals surface area contributed by atoms with Gasteiger partial charge in [-0.15, -0.1) is 0 Å². The summed E-state index contributed by atoms with van der Waals surface area (Å²) >= 11 is 0. The Kier molecular flexibility index (Phi) is 16.1. The van der Waals surface area contributed by atoms with Gasteiger partial charge in [0, 0.05) is 19.6 Å². The zero-order valence-corrected chi connectivity index (χ0v) is 21.5. The summed E-state index contributed by atoms with van der Waals surface area (Å²) < 4.78 is 10.5. The van der Waals surface area contributed by atoms with Crippen molar-refractivity contribution in [3.05, 3.63) is 35.9 Å². The fourth-order valence-electron chi connectivity index (χ4n) is 3.31. The first-order valence-corrected chi connectivity index (χ1v) is 12.3. The second-order valence-corrected chi connectivity index (χ2v) is 8.65. The van der Waals surface area contributed by atoms with Gasteiger partial charge in [0.25, 0.3) is 0 Å². The summed E-state index contributed by atoms with van der Waals surface area (Å²) in [6.45, 7) is 7.54. The molecule has 0 unspecified atom stereocenters. The average molecular weight is 508 g/mol. The van der Waals surface area contributed by atoms with Crippen molar-refractivity contribution in [3.63, 3.8) is 0 Å². The predicted molar refractivity (Wildman–Crippen MR) is 136 cm³/mol. The van der Waals surface area contributed by atoms with Crippen LogP contribution in [0.1, 0.15) is 32.8 Å². The first kappa shape index (κ1) is 31.3. The van der Waals surface area contributed by atoms with Crippen molar-refractivity contribution >= 4 is 23.4 Å². The van der Waals surface area contributed by atoms with Gasteiger partial charge in [0.1, 0.15) is 0 Å². The highest BCUT2D eigenvalue weighted by Gasteiger charge is 2.29. The number of amides is 2. The third kappa shape index (κ3) is 13.4. The zero-order valence-electron chi connectivity index (χ0n) is 21.5. The van der Waals surface area contributed by atoms with Gasteiger partial charge in [-0.2, -0.15) is 0 Å². The summed E-state index contributed by atoms with van der Waals surface area (Å²) in [7, 11) is 0. The van der Waals surface area contributed by atoms with Gasteiger partial charge < -0.3 is 25.4 Å². The highest BCUT2D eigenvalue weighted by Crippen LogP contribution is 2.08. The van der Waals surface area contributed by atoms with Crippen LogP contribution in [-0.4, -0.2) is 81.5 Å². The summed E-state index contributed by atoms with van der Waals surface area (Å²) in [4.78, 5) is 50.2. The van der Waals surface area contributed by atoms with Gasteiger partial charge in [-0.1, -0.05) is 44.2 Å². The first-order chi connectivity index (χ1) is 17.3. The van der Waals surface area contributed by atoms with Gasteiger partial charge in [-0.3, -0.25) is 25.0 Å². The second kappa shape index (κ2) is 18.6. The molecule has 0 aliphatic heterocycles. The lowest BCUT2D eigenvalue weighted by Gasteiger charge is -2.22. The van der Waals surface area contributed by atoms with Crippen LogP contribution in [0.25, 0.3) is 0 Å². The van der Waals surface area contributed by atoms with E-state index in [0.717, 1.165) is 5.56 Å². The molecule has 0 fully saturated rings. The van der Waals surface area contributed by atoms with Crippen LogP contribution in [-0.2, 0) is 35.1 Å². The van der Waals surface area contributed by atoms with Crippen molar-refractivity contribution in [2.45, 2.75) is 45.7 Å². The van der Waals surface area contributed by atoms with Crippen LogP contribution in [0.3, 0.4) is 0 Å². The number of carbonyl (C=O) groups is 4. The number of hydrazine groups is 1. The molecule has 0 radical (unpaired) electrons. The maximum absolute atomic E-state index is 12.9. The zero-order chi connectivity index (χ0) is 26.8. The summed E-state index contributed by atoms with van der Waals surface area (Å²) in [5.74, 6) is 3.46. The molecule has 0 saturated heterocycles. The number of nitrogens with one attached hydrogen (secondary N) is 4. The fraction of sp³-hybridized carbons (Fsp3) is 0.600. The number of hydrogen-bond acceptors (Lipinski definition) is 9. The summed E-state index contributed by atoms with van der Waals surface area (Å²) in [5.41, 5.74) is 3.26. The van der Waals surface area contributed by atoms with E-state index in [1.165, 1.54) is 0 Å².